The first-order chi connectivity index (χ1) is 10.5. The van der Waals surface area contributed by atoms with E-state index in [0.29, 0.717) is 17.0 Å². The second kappa shape index (κ2) is 4.31. The largest absolute Gasteiger partial charge is 0.509 e. The van der Waals surface area contributed by atoms with Crippen molar-refractivity contribution in [3.8, 4) is 0 Å². The molecule has 4 atom stereocenters. The Bertz CT molecular complexity index is 762. The molecule has 0 aliphatic carbocycles. The van der Waals surface area contributed by atoms with Crippen molar-refractivity contribution in [2.45, 2.75) is 30.8 Å². The normalized spacial score (nSPS) is 33.7. The summed E-state index contributed by atoms with van der Waals surface area (Å²) in [7, 11) is 0. The van der Waals surface area contributed by atoms with Crippen LogP contribution in [0.4, 0.5) is 10.6 Å². The average molecular weight is 306 g/mol. The Balaban J connectivity index is 1.86. The maximum atomic E-state index is 11.5. The monoisotopic (exact) mass is 306 g/mol. The van der Waals surface area contributed by atoms with E-state index in [0.717, 1.165) is 0 Å². The van der Waals surface area contributed by atoms with Gasteiger partial charge in [-0.05, 0) is 19.1 Å². The van der Waals surface area contributed by atoms with E-state index in [1.165, 1.54) is 6.33 Å². The zero-order valence-corrected chi connectivity index (χ0v) is 11.7. The number of aromatic nitrogens is 3. The highest BCUT2D eigenvalue weighted by Gasteiger charge is 2.62. The Labute approximate surface area is 124 Å². The van der Waals surface area contributed by atoms with Gasteiger partial charge >= 0.3 is 6.16 Å². The van der Waals surface area contributed by atoms with Gasteiger partial charge in [0, 0.05) is 0 Å². The number of nitrogens with zero attached hydrogens (tertiary/aromatic N) is 3. The lowest BCUT2D eigenvalue weighted by Gasteiger charge is -2.27. The van der Waals surface area contributed by atoms with Gasteiger partial charge in [-0.3, -0.25) is 0 Å². The van der Waals surface area contributed by atoms with Gasteiger partial charge in [-0.1, -0.05) is 0 Å². The fourth-order valence-electron chi connectivity index (χ4n) is 3.19. The molecule has 0 radical (unpaired) electrons. The Morgan fingerprint density at radius 3 is 3.05 bits per heavy atom. The van der Waals surface area contributed by atoms with E-state index in [9.17, 15) is 9.90 Å². The average Bonchev–Trinajstić information content (AvgIpc) is 3.14. The van der Waals surface area contributed by atoms with Crippen LogP contribution in [0.2, 0.25) is 0 Å². The Kier molecular flexibility index (Phi) is 2.60. The van der Waals surface area contributed by atoms with Gasteiger partial charge in [-0.15, -0.1) is 0 Å². The molecular formula is C13H14N4O5. The first-order valence-corrected chi connectivity index (χ1v) is 6.79. The second-order valence-electron chi connectivity index (χ2n) is 5.48. The fourth-order valence-corrected chi connectivity index (χ4v) is 3.19. The van der Waals surface area contributed by atoms with Crippen LogP contribution in [0.15, 0.2) is 18.5 Å². The van der Waals surface area contributed by atoms with Crippen molar-refractivity contribution in [3.63, 3.8) is 0 Å². The number of hydrogen-bond donors (Lipinski definition) is 2. The predicted molar refractivity (Wildman–Crippen MR) is 71.9 cm³/mol. The van der Waals surface area contributed by atoms with Crippen LogP contribution in [0.1, 0.15) is 12.6 Å². The number of nitrogen functional groups attached to an aromatic ring is 1. The van der Waals surface area contributed by atoms with Gasteiger partial charge in [-0.25, -0.2) is 14.3 Å². The van der Waals surface area contributed by atoms with Crippen molar-refractivity contribution in [3.05, 3.63) is 24.2 Å². The molecule has 9 nitrogen and oxygen atoms in total. The summed E-state index contributed by atoms with van der Waals surface area (Å²) < 4.78 is 17.9. The van der Waals surface area contributed by atoms with Crippen molar-refractivity contribution in [1.29, 1.82) is 0 Å². The SMILES string of the molecule is C[C@@]1(c2ccc3c(N)ncnn23)O[C@H](CO)[C@H]2OC(=O)O[C@H]21. The van der Waals surface area contributed by atoms with Gasteiger partial charge in [0.15, 0.2) is 18.0 Å². The molecule has 2 aromatic heterocycles. The summed E-state index contributed by atoms with van der Waals surface area (Å²) in [5, 5.41) is 13.6. The van der Waals surface area contributed by atoms with E-state index < -0.39 is 30.1 Å². The number of nitrogens with two attached hydrogens (primary N) is 1. The molecule has 9 heteroatoms. The fraction of sp³-hybridized carbons (Fsp3) is 0.462. The van der Waals surface area contributed by atoms with Gasteiger partial charge in [0.05, 0.1) is 12.3 Å². The summed E-state index contributed by atoms with van der Waals surface area (Å²) in [6, 6.07) is 3.54. The van der Waals surface area contributed by atoms with Crippen LogP contribution in [0.3, 0.4) is 0 Å². The van der Waals surface area contributed by atoms with E-state index >= 15 is 0 Å². The van der Waals surface area contributed by atoms with Crippen LogP contribution >= 0.6 is 0 Å². The lowest BCUT2D eigenvalue weighted by Crippen LogP contribution is -2.38. The number of anilines is 1. The third-order valence-corrected chi connectivity index (χ3v) is 4.23. The van der Waals surface area contributed by atoms with E-state index in [2.05, 4.69) is 10.1 Å². The first kappa shape index (κ1) is 13.3. The number of ether oxygens (including phenoxy) is 3. The zero-order valence-electron chi connectivity index (χ0n) is 11.7. The molecule has 3 N–H and O–H groups in total. The van der Waals surface area contributed by atoms with Gasteiger partial charge in [-0.2, -0.15) is 5.10 Å². The minimum absolute atomic E-state index is 0.284. The van der Waals surface area contributed by atoms with Crippen LogP contribution in [0.25, 0.3) is 5.52 Å². The molecule has 4 heterocycles. The molecule has 2 aromatic rings. The van der Waals surface area contributed by atoms with E-state index in [1.807, 2.05) is 0 Å². The van der Waals surface area contributed by atoms with Gasteiger partial charge < -0.3 is 25.1 Å². The van der Waals surface area contributed by atoms with Crippen molar-refractivity contribution in [1.82, 2.24) is 14.6 Å². The summed E-state index contributed by atoms with van der Waals surface area (Å²) >= 11 is 0. The number of carbonyl (C=O) groups excluding carboxylic acids is 1. The quantitative estimate of drug-likeness (QED) is 0.733. The van der Waals surface area contributed by atoms with Crippen LogP contribution in [0, 0.1) is 0 Å². The first-order valence-electron chi connectivity index (χ1n) is 6.79. The van der Waals surface area contributed by atoms with Gasteiger partial charge in [0.1, 0.15) is 23.5 Å². The standard InChI is InChI=1S/C13H14N4O5/c1-13(8-3-2-6-11(14)15-5-16-17(6)8)10-9(7(4-18)22-13)20-12(19)21-10/h2-3,5,7,9-10,18H,4H2,1H3,(H2,14,15,16)/t7-,9-,10-,13+/m1/s1. The molecule has 2 fully saturated rings. The molecule has 0 bridgehead atoms. The minimum Gasteiger partial charge on any atom is -0.424 e. The maximum Gasteiger partial charge on any atom is 0.509 e. The summed E-state index contributed by atoms with van der Waals surface area (Å²) in [6.07, 6.45) is -1.43. The summed E-state index contributed by atoms with van der Waals surface area (Å²) in [6.45, 7) is 1.48. The minimum atomic E-state index is -1.02. The number of rotatable bonds is 2. The van der Waals surface area contributed by atoms with Gasteiger partial charge in [0.2, 0.25) is 0 Å². The van der Waals surface area contributed by atoms with Crippen molar-refractivity contribution in [2.75, 3.05) is 12.3 Å². The molecule has 2 saturated heterocycles. The molecule has 0 unspecified atom stereocenters. The number of fused-ring (bicyclic) bond motifs is 2. The Morgan fingerprint density at radius 1 is 1.45 bits per heavy atom. The molecule has 22 heavy (non-hydrogen) atoms. The number of aliphatic hydroxyl groups excluding tert-OH is 1. The third kappa shape index (κ3) is 1.57. The third-order valence-electron chi connectivity index (χ3n) is 4.23. The summed E-state index contributed by atoms with van der Waals surface area (Å²) in [5.41, 5.74) is 6.08. The summed E-state index contributed by atoms with van der Waals surface area (Å²) in [5.74, 6) is 0.331. The van der Waals surface area contributed by atoms with Gasteiger partial charge in [0.25, 0.3) is 0 Å². The van der Waals surface area contributed by atoms with E-state index in [1.54, 1.807) is 23.6 Å². The molecule has 4 rings (SSSR count). The van der Waals surface area contributed by atoms with Crippen LogP contribution in [0.5, 0.6) is 0 Å². The van der Waals surface area contributed by atoms with E-state index in [-0.39, 0.29) is 6.61 Å². The van der Waals surface area contributed by atoms with Crippen LogP contribution in [-0.4, -0.2) is 50.8 Å². The predicted octanol–water partition coefficient (Wildman–Crippen LogP) is -0.178. The molecule has 0 saturated carbocycles. The molecule has 0 aromatic carbocycles. The molecule has 2 aliphatic rings. The molecular weight excluding hydrogens is 292 g/mol. The van der Waals surface area contributed by atoms with Crippen molar-refractivity contribution >= 4 is 17.5 Å². The highest BCUT2D eigenvalue weighted by molar-refractivity contribution is 5.66. The van der Waals surface area contributed by atoms with Crippen LogP contribution < -0.4 is 5.73 Å². The molecule has 0 amide bonds. The second-order valence-corrected chi connectivity index (χ2v) is 5.48. The molecule has 0 spiro atoms. The highest BCUT2D eigenvalue weighted by Crippen LogP contribution is 2.45. The number of aliphatic hydroxyl groups is 1. The summed E-state index contributed by atoms with van der Waals surface area (Å²) in [4.78, 5) is 15.4. The lowest BCUT2D eigenvalue weighted by atomic mass is 9.93. The Morgan fingerprint density at radius 2 is 2.27 bits per heavy atom. The number of hydrogen-bond acceptors (Lipinski definition) is 8. The van der Waals surface area contributed by atoms with E-state index in [4.69, 9.17) is 19.9 Å². The zero-order chi connectivity index (χ0) is 15.5. The maximum absolute atomic E-state index is 11.5. The van der Waals surface area contributed by atoms with Crippen molar-refractivity contribution < 1.29 is 24.1 Å². The van der Waals surface area contributed by atoms with Crippen molar-refractivity contribution in [2.24, 2.45) is 0 Å². The smallest absolute Gasteiger partial charge is 0.424 e. The van der Waals surface area contributed by atoms with Crippen LogP contribution in [-0.2, 0) is 19.8 Å². The molecule has 2 aliphatic heterocycles. The molecule has 116 valence electrons. The highest BCUT2D eigenvalue weighted by atomic mass is 16.8. The topological polar surface area (TPSA) is 121 Å². The number of carbonyl (C=O) groups is 1. The Hall–Kier alpha value is -2.39. The lowest BCUT2D eigenvalue weighted by molar-refractivity contribution is -0.102.